The first-order valence-electron chi connectivity index (χ1n) is 9.64. The Morgan fingerprint density at radius 2 is 2.12 bits per heavy atom. The second kappa shape index (κ2) is 9.51. The van der Waals surface area contributed by atoms with Crippen molar-refractivity contribution in [3.05, 3.63) is 46.5 Å². The van der Waals surface area contributed by atoms with Crippen LogP contribution in [0.4, 0.5) is 24.8 Å². The van der Waals surface area contributed by atoms with Gasteiger partial charge in [0.15, 0.2) is 5.82 Å². The van der Waals surface area contributed by atoms with Gasteiger partial charge < -0.3 is 10.2 Å². The minimum absolute atomic E-state index is 0.0888. The van der Waals surface area contributed by atoms with Crippen LogP contribution in [0.3, 0.4) is 0 Å². The maximum atomic E-state index is 15.0. The summed E-state index contributed by atoms with van der Waals surface area (Å²) in [4.78, 5) is 22.1. The molecule has 1 aliphatic heterocycles. The van der Waals surface area contributed by atoms with E-state index in [2.05, 4.69) is 32.2 Å². The molecule has 0 saturated carbocycles. The van der Waals surface area contributed by atoms with Gasteiger partial charge in [0.1, 0.15) is 11.7 Å². The van der Waals surface area contributed by atoms with E-state index in [-0.39, 0.29) is 35.9 Å². The van der Waals surface area contributed by atoms with Crippen molar-refractivity contribution in [2.24, 2.45) is 10.2 Å². The van der Waals surface area contributed by atoms with Gasteiger partial charge in [0, 0.05) is 32.4 Å². The fourth-order valence-corrected chi connectivity index (χ4v) is 3.47. The lowest BCUT2D eigenvalue weighted by atomic mass is 10.1. The average molecular weight is 468 g/mol. The number of alkyl halides is 2. The van der Waals surface area contributed by atoms with Gasteiger partial charge in [-0.3, -0.25) is 4.79 Å². The third-order valence-electron chi connectivity index (χ3n) is 4.98. The van der Waals surface area contributed by atoms with Crippen LogP contribution in [0, 0.1) is 12.7 Å². The summed E-state index contributed by atoms with van der Waals surface area (Å²) in [5.41, 5.74) is -0.177. The topological polar surface area (TPSA) is 86.1 Å². The zero-order valence-electron chi connectivity index (χ0n) is 17.4. The number of hydrazone groups is 2. The van der Waals surface area contributed by atoms with Crippen LogP contribution in [-0.4, -0.2) is 58.8 Å². The van der Waals surface area contributed by atoms with Gasteiger partial charge in [-0.25, -0.2) is 23.1 Å². The third-order valence-corrected chi connectivity index (χ3v) is 5.18. The summed E-state index contributed by atoms with van der Waals surface area (Å²) in [6.45, 7) is 5.90. The summed E-state index contributed by atoms with van der Waals surface area (Å²) in [5.74, 6) is -4.61. The molecule has 2 aromatic rings. The molecule has 1 fully saturated rings. The Labute approximate surface area is 187 Å². The fraction of sp³-hybridized carbons (Fsp3) is 0.350. The molecule has 8 nitrogen and oxygen atoms in total. The average Bonchev–Trinajstić information content (AvgIpc) is 3.07. The lowest BCUT2D eigenvalue weighted by Crippen LogP contribution is -2.47. The summed E-state index contributed by atoms with van der Waals surface area (Å²) in [5, 5.41) is 11.4. The molecule has 0 spiro atoms. The molecule has 0 bridgehead atoms. The zero-order valence-corrected chi connectivity index (χ0v) is 18.2. The van der Waals surface area contributed by atoms with Crippen molar-refractivity contribution in [2.75, 3.05) is 23.5 Å². The molecule has 3 rings (SSSR count). The Balaban J connectivity index is 1.94. The third kappa shape index (κ3) is 4.67. The van der Waals surface area contributed by atoms with Gasteiger partial charge in [0.25, 0.3) is 11.8 Å². The van der Waals surface area contributed by atoms with E-state index in [4.69, 9.17) is 11.6 Å². The van der Waals surface area contributed by atoms with Gasteiger partial charge in [-0.1, -0.05) is 17.7 Å². The largest absolute Gasteiger partial charge is 0.352 e. The number of anilines is 2. The number of hydrogen-bond donors (Lipinski definition) is 1. The van der Waals surface area contributed by atoms with E-state index in [1.54, 1.807) is 6.92 Å². The highest BCUT2D eigenvalue weighted by atomic mass is 35.5. The second-order valence-corrected chi connectivity index (χ2v) is 7.46. The number of carbonyl (C=O) groups is 1. The highest BCUT2D eigenvalue weighted by molar-refractivity contribution is 6.30. The molecule has 1 unspecified atom stereocenters. The molecule has 1 saturated heterocycles. The summed E-state index contributed by atoms with van der Waals surface area (Å²) in [6.07, 6.45) is 3.44. The zero-order chi connectivity index (χ0) is 23.5. The van der Waals surface area contributed by atoms with Crippen molar-refractivity contribution < 1.29 is 18.0 Å². The monoisotopic (exact) mass is 467 g/mol. The van der Waals surface area contributed by atoms with Crippen LogP contribution in [0.25, 0.3) is 0 Å². The van der Waals surface area contributed by atoms with Crippen LogP contribution < -0.4 is 10.4 Å². The Bertz CT molecular complexity index is 1030. The van der Waals surface area contributed by atoms with Gasteiger partial charge in [0.05, 0.1) is 23.0 Å². The molecule has 12 heteroatoms. The highest BCUT2D eigenvalue weighted by Crippen LogP contribution is 2.37. The number of nitrogens with zero attached hydrogens (tertiary/aromatic N) is 6. The number of aromatic nitrogens is 2. The van der Waals surface area contributed by atoms with Crippen LogP contribution >= 0.6 is 11.6 Å². The number of hydrogen-bond acceptors (Lipinski definition) is 7. The van der Waals surface area contributed by atoms with Crippen molar-refractivity contribution in [2.45, 2.75) is 32.2 Å². The van der Waals surface area contributed by atoms with Gasteiger partial charge in [-0.2, -0.15) is 10.2 Å². The van der Waals surface area contributed by atoms with E-state index < -0.39 is 30.1 Å². The first-order valence-corrected chi connectivity index (χ1v) is 10.0. The van der Waals surface area contributed by atoms with Gasteiger partial charge in [-0.15, -0.1) is 5.12 Å². The summed E-state index contributed by atoms with van der Waals surface area (Å²) in [6, 6.07) is 1.25. The Hall–Kier alpha value is -3.21. The Kier molecular flexibility index (Phi) is 6.97. The van der Waals surface area contributed by atoms with E-state index in [9.17, 15) is 18.0 Å². The number of amides is 1. The fourth-order valence-electron chi connectivity index (χ4n) is 3.38. The molecule has 1 aromatic carbocycles. The quantitative estimate of drug-likeness (QED) is 0.492. The molecule has 170 valence electrons. The van der Waals surface area contributed by atoms with Gasteiger partial charge >= 0.3 is 0 Å². The molecular weight excluding hydrogens is 447 g/mol. The Morgan fingerprint density at radius 3 is 2.75 bits per heavy atom. The summed E-state index contributed by atoms with van der Waals surface area (Å²) in [7, 11) is 0. The maximum absolute atomic E-state index is 15.0. The van der Waals surface area contributed by atoms with Crippen LogP contribution in [0.15, 0.2) is 34.7 Å². The van der Waals surface area contributed by atoms with Gasteiger partial charge in [0.2, 0.25) is 5.95 Å². The molecule has 1 N–H and O–H groups in total. The predicted molar refractivity (Wildman–Crippen MR) is 117 cm³/mol. The maximum Gasteiger partial charge on any atom is 0.271 e. The van der Waals surface area contributed by atoms with Crippen molar-refractivity contribution in [1.82, 2.24) is 14.9 Å². The number of benzene rings is 1. The standard InChI is InChI=1S/C20H21ClF3N7O/c1-4-29-31(25-3)17-14(6-5-12(2)16(17)22)18(32)30-8-7-20(23,24)15(30)11-28-19-26-9-13(21)10-27-19/h4-6,9-10,15H,3,7-8,11H2,1-2H3,(H,26,27,28)/b29-4-. The van der Waals surface area contributed by atoms with Crippen LogP contribution in [0.2, 0.25) is 5.02 Å². The minimum atomic E-state index is -3.17. The van der Waals surface area contributed by atoms with E-state index in [1.165, 1.54) is 37.7 Å². The summed E-state index contributed by atoms with van der Waals surface area (Å²) < 4.78 is 44.3. The first kappa shape index (κ1) is 23.5. The number of rotatable bonds is 7. The van der Waals surface area contributed by atoms with E-state index >= 15 is 0 Å². The summed E-state index contributed by atoms with van der Waals surface area (Å²) >= 11 is 5.73. The number of aryl methyl sites for hydroxylation is 1. The van der Waals surface area contributed by atoms with Crippen molar-refractivity contribution in [3.8, 4) is 0 Å². The van der Waals surface area contributed by atoms with Crippen LogP contribution in [-0.2, 0) is 0 Å². The minimum Gasteiger partial charge on any atom is -0.352 e. The molecule has 1 atom stereocenters. The van der Waals surface area contributed by atoms with Gasteiger partial charge in [-0.05, 0) is 25.5 Å². The van der Waals surface area contributed by atoms with Crippen molar-refractivity contribution >= 4 is 42.1 Å². The molecule has 1 aliphatic rings. The second-order valence-electron chi connectivity index (χ2n) is 7.03. The SMILES string of the molecule is C=NN(/N=C\C)c1c(C(=O)N2CCC(F)(F)C2CNc2ncc(Cl)cn2)ccc(C)c1F. The molecule has 0 aliphatic carbocycles. The number of carbonyl (C=O) groups excluding carboxylic acids is 1. The smallest absolute Gasteiger partial charge is 0.271 e. The number of halogens is 4. The van der Waals surface area contributed by atoms with E-state index in [0.29, 0.717) is 5.02 Å². The lowest BCUT2D eigenvalue weighted by Gasteiger charge is -2.29. The van der Waals surface area contributed by atoms with Crippen molar-refractivity contribution in [1.29, 1.82) is 0 Å². The van der Waals surface area contributed by atoms with Crippen LogP contribution in [0.1, 0.15) is 29.3 Å². The number of nitrogens with one attached hydrogen (secondary N) is 1. The number of likely N-dealkylation sites (tertiary alicyclic amines) is 1. The Morgan fingerprint density at radius 1 is 1.44 bits per heavy atom. The van der Waals surface area contributed by atoms with Crippen LogP contribution in [0.5, 0.6) is 0 Å². The highest BCUT2D eigenvalue weighted by Gasteiger charge is 2.51. The normalized spacial score (nSPS) is 17.6. The molecule has 2 heterocycles. The first-order chi connectivity index (χ1) is 15.2. The molecule has 0 radical (unpaired) electrons. The molecule has 1 amide bonds. The van der Waals surface area contributed by atoms with E-state index in [0.717, 1.165) is 10.0 Å². The lowest BCUT2D eigenvalue weighted by molar-refractivity contribution is -0.0248. The molecule has 32 heavy (non-hydrogen) atoms. The van der Waals surface area contributed by atoms with E-state index in [1.807, 2.05) is 0 Å². The molecular formula is C20H21ClF3N7O. The molecule has 1 aromatic heterocycles. The predicted octanol–water partition coefficient (Wildman–Crippen LogP) is 3.97. The van der Waals surface area contributed by atoms with Crippen molar-refractivity contribution in [3.63, 3.8) is 0 Å².